The molecule has 2 aliphatic carbocycles. The van der Waals surface area contributed by atoms with Crippen LogP contribution in [0.15, 0.2) is 35.3 Å². The Hall–Kier alpha value is -3.53. The third-order valence-corrected chi connectivity index (χ3v) is 6.71. The number of methoxy groups -OCH3 is 1. The minimum atomic E-state index is -0.438. The molecule has 172 valence electrons. The molecule has 0 spiro atoms. The van der Waals surface area contributed by atoms with Crippen LogP contribution in [-0.2, 0) is 0 Å². The highest BCUT2D eigenvalue weighted by molar-refractivity contribution is 6.04. The maximum atomic E-state index is 13.0. The second kappa shape index (κ2) is 9.14. The highest BCUT2D eigenvalue weighted by Crippen LogP contribution is 2.38. The van der Waals surface area contributed by atoms with E-state index in [1.54, 1.807) is 30.5 Å². The molecule has 1 aromatic heterocycles. The third kappa shape index (κ3) is 4.95. The molecule has 0 atom stereocenters. The molecule has 1 heterocycles. The summed E-state index contributed by atoms with van der Waals surface area (Å²) in [6, 6.07) is 8.81. The van der Waals surface area contributed by atoms with Gasteiger partial charge in [-0.3, -0.25) is 15.0 Å². The molecule has 0 saturated heterocycles. The number of ether oxygens (including phenoxy) is 1. The van der Waals surface area contributed by atoms with Crippen LogP contribution in [0, 0.1) is 17.8 Å². The Morgan fingerprint density at radius 1 is 1.33 bits per heavy atom. The Bertz CT molecular complexity index is 1120. The molecular weight excluding hydrogens is 416 g/mol. The molecule has 2 saturated carbocycles. The number of nitrogens with zero attached hydrogens (tertiary/aromatic N) is 2. The molecule has 0 bridgehead atoms. The zero-order valence-electron chi connectivity index (χ0n) is 19.2. The van der Waals surface area contributed by atoms with Crippen molar-refractivity contribution in [3.8, 4) is 18.1 Å². The molecule has 2 aromatic rings. The standard InChI is InChI=1S/C26H30N4O3/c1-4-26(2)12-10-19(11-13-26)28-16-18-14-21(24(33-3)15-20(18)27)29-25(31)23-7-5-6-22(30(23)32)17-8-9-17/h1,5-7,14-17,19,27,31-32H,8-13H2,2-3H3/p+1. The van der Waals surface area contributed by atoms with Crippen LogP contribution in [0.4, 0.5) is 11.4 Å². The molecule has 7 nitrogen and oxygen atoms in total. The van der Waals surface area contributed by atoms with Crippen molar-refractivity contribution in [3.63, 3.8) is 0 Å². The van der Waals surface area contributed by atoms with Crippen LogP contribution in [0.2, 0.25) is 0 Å². The van der Waals surface area contributed by atoms with Gasteiger partial charge >= 0.3 is 11.6 Å². The topological polar surface area (TPSA) is 101 Å². The number of carbonyl (C=O) groups excluding carboxylic acids is 1. The van der Waals surface area contributed by atoms with Crippen LogP contribution in [0.3, 0.4) is 0 Å². The molecule has 0 radical (unpaired) electrons. The van der Waals surface area contributed by atoms with Crippen LogP contribution in [0.25, 0.3) is 0 Å². The number of rotatable bonds is 6. The number of terminal acetylenes is 1. The summed E-state index contributed by atoms with van der Waals surface area (Å²) in [6.45, 7) is 2.12. The molecule has 1 amide bonds. The van der Waals surface area contributed by atoms with Gasteiger partial charge < -0.3 is 15.8 Å². The van der Waals surface area contributed by atoms with E-state index in [0.717, 1.165) is 48.9 Å². The lowest BCUT2D eigenvalue weighted by atomic mass is 9.75. The van der Waals surface area contributed by atoms with E-state index in [1.807, 2.05) is 6.07 Å². The minimum Gasteiger partial charge on any atom is -0.494 e. The molecule has 0 unspecified atom stereocenters. The van der Waals surface area contributed by atoms with Crippen LogP contribution in [-0.4, -0.2) is 30.5 Å². The van der Waals surface area contributed by atoms with E-state index in [1.165, 1.54) is 7.11 Å². The normalized spacial score (nSPS) is 22.6. The number of pyridine rings is 1. The van der Waals surface area contributed by atoms with Gasteiger partial charge in [-0.05, 0) is 57.6 Å². The summed E-state index contributed by atoms with van der Waals surface area (Å²) in [5.74, 6) is 3.20. The van der Waals surface area contributed by atoms with Crippen molar-refractivity contribution >= 4 is 23.5 Å². The first-order valence-corrected chi connectivity index (χ1v) is 11.4. The quantitative estimate of drug-likeness (QED) is 0.205. The van der Waals surface area contributed by atoms with Crippen molar-refractivity contribution in [2.45, 2.75) is 57.4 Å². The Morgan fingerprint density at radius 3 is 2.70 bits per heavy atom. The third-order valence-electron chi connectivity index (χ3n) is 6.71. The monoisotopic (exact) mass is 447 g/mol. The van der Waals surface area contributed by atoms with E-state index in [4.69, 9.17) is 21.9 Å². The Kier molecular flexibility index (Phi) is 6.28. The van der Waals surface area contributed by atoms with E-state index >= 15 is 0 Å². The first-order chi connectivity index (χ1) is 15.8. The van der Waals surface area contributed by atoms with Gasteiger partial charge in [0.15, 0.2) is 0 Å². The Labute approximate surface area is 194 Å². The lowest BCUT2D eigenvalue weighted by Gasteiger charge is -2.31. The van der Waals surface area contributed by atoms with Gasteiger partial charge in [-0.1, -0.05) is 0 Å². The summed E-state index contributed by atoms with van der Waals surface area (Å²) < 4.78 is 6.40. The summed E-state index contributed by atoms with van der Waals surface area (Å²) in [4.78, 5) is 17.7. The number of nitrogens with two attached hydrogens (primary N) is 1. The molecule has 2 fully saturated rings. The highest BCUT2D eigenvalue weighted by Gasteiger charge is 2.35. The summed E-state index contributed by atoms with van der Waals surface area (Å²) in [7, 11) is 1.52. The maximum Gasteiger partial charge on any atom is 0.325 e. The average Bonchev–Trinajstić information content (AvgIpc) is 3.65. The number of anilines is 2. The summed E-state index contributed by atoms with van der Waals surface area (Å²) >= 11 is 0. The van der Waals surface area contributed by atoms with Crippen LogP contribution >= 0.6 is 0 Å². The smallest absolute Gasteiger partial charge is 0.325 e. The number of hydrogen-bond donors (Lipinski definition) is 3. The minimum absolute atomic E-state index is 0.0387. The number of hydrogen-bond acceptors (Lipinski definition) is 5. The predicted molar refractivity (Wildman–Crippen MR) is 128 cm³/mol. The number of nitrogen functional groups attached to an aromatic ring is 1. The van der Waals surface area contributed by atoms with Gasteiger partial charge in [-0.2, -0.15) is 0 Å². The first kappa shape index (κ1) is 22.7. The van der Waals surface area contributed by atoms with E-state index < -0.39 is 5.91 Å². The zero-order chi connectivity index (χ0) is 23.6. The lowest BCUT2D eigenvalue weighted by molar-refractivity contribution is -0.910. The average molecular weight is 448 g/mol. The molecule has 0 aliphatic heterocycles. The molecule has 4 rings (SSSR count). The number of amides is 1. The predicted octanol–water partition coefficient (Wildman–Crippen LogP) is 3.93. The van der Waals surface area contributed by atoms with Gasteiger partial charge in [-0.25, -0.2) is 0 Å². The van der Waals surface area contributed by atoms with Crippen molar-refractivity contribution in [2.75, 3.05) is 18.2 Å². The zero-order valence-corrected chi connectivity index (χ0v) is 19.2. The van der Waals surface area contributed by atoms with Crippen LogP contribution in [0.1, 0.15) is 73.1 Å². The number of aliphatic imine (C=N–C) groups is 1. The van der Waals surface area contributed by atoms with Gasteiger partial charge in [0.2, 0.25) is 5.69 Å². The van der Waals surface area contributed by atoms with Gasteiger partial charge in [0.1, 0.15) is 5.75 Å². The number of nitrogens with one attached hydrogen (secondary N) is 1. The van der Waals surface area contributed by atoms with Gasteiger partial charge in [0.25, 0.3) is 0 Å². The fraction of sp³-hybridized carbons (Fsp3) is 0.423. The van der Waals surface area contributed by atoms with Gasteiger partial charge in [0.05, 0.1) is 18.8 Å². The molecule has 33 heavy (non-hydrogen) atoms. The highest BCUT2D eigenvalue weighted by atomic mass is 16.5. The summed E-state index contributed by atoms with van der Waals surface area (Å²) in [5, 5.41) is 13.4. The van der Waals surface area contributed by atoms with Crippen molar-refractivity contribution < 1.29 is 19.5 Å². The molecule has 2 aliphatic rings. The molecular formula is C26H31N4O3+. The van der Waals surface area contributed by atoms with Crippen LogP contribution in [0.5, 0.6) is 5.75 Å². The van der Waals surface area contributed by atoms with Crippen molar-refractivity contribution in [2.24, 2.45) is 10.4 Å². The van der Waals surface area contributed by atoms with Crippen LogP contribution < -0.4 is 20.5 Å². The van der Waals surface area contributed by atoms with E-state index in [9.17, 15) is 10.0 Å². The van der Waals surface area contributed by atoms with Crippen molar-refractivity contribution in [3.05, 3.63) is 47.3 Å². The molecule has 7 heteroatoms. The Morgan fingerprint density at radius 2 is 2.06 bits per heavy atom. The summed E-state index contributed by atoms with van der Waals surface area (Å²) in [6.07, 6.45) is 13.2. The van der Waals surface area contributed by atoms with Gasteiger partial charge in [-0.15, -0.1) is 12.3 Å². The summed E-state index contributed by atoms with van der Waals surface area (Å²) in [5.41, 5.74) is 8.74. The fourth-order valence-electron chi connectivity index (χ4n) is 4.27. The second-order valence-electron chi connectivity index (χ2n) is 9.27. The number of benzene rings is 1. The maximum absolute atomic E-state index is 13.0. The SMILES string of the molecule is C#CC1(C)CCC(N=Cc2cc(NC(=O)c3cccc(C4CC4)[n+]3O)c(OC)cc2N)CC1. The largest absolute Gasteiger partial charge is 0.494 e. The van der Waals surface area contributed by atoms with Gasteiger partial charge in [0, 0.05) is 51.7 Å². The van der Waals surface area contributed by atoms with Crippen molar-refractivity contribution in [1.29, 1.82) is 0 Å². The number of aromatic nitrogens is 1. The van der Waals surface area contributed by atoms with E-state index in [-0.39, 0.29) is 17.2 Å². The fourth-order valence-corrected chi connectivity index (χ4v) is 4.27. The second-order valence-corrected chi connectivity index (χ2v) is 9.27. The van der Waals surface area contributed by atoms with E-state index in [2.05, 4.69) is 18.2 Å². The Balaban J connectivity index is 1.53. The molecule has 1 aromatic carbocycles. The van der Waals surface area contributed by atoms with E-state index in [0.29, 0.717) is 28.6 Å². The first-order valence-electron chi connectivity index (χ1n) is 11.4. The van der Waals surface area contributed by atoms with Crippen molar-refractivity contribution in [1.82, 2.24) is 0 Å². The number of carbonyl (C=O) groups is 1. The molecule has 4 N–H and O–H groups in total. The lowest BCUT2D eigenvalue weighted by Crippen LogP contribution is -2.43.